The van der Waals surface area contributed by atoms with Gasteiger partial charge in [0.05, 0.1) is 0 Å². The normalized spacial score (nSPS) is 10.1. The summed E-state index contributed by atoms with van der Waals surface area (Å²) in [5.41, 5.74) is 0.711. The number of aryl methyl sites for hydroxylation is 1. The molecule has 0 fully saturated rings. The predicted octanol–water partition coefficient (Wildman–Crippen LogP) is 2.06. The smallest absolute Gasteiger partial charge is 0.225 e. The lowest BCUT2D eigenvalue weighted by molar-refractivity contribution is -0.116. The van der Waals surface area contributed by atoms with Gasteiger partial charge >= 0.3 is 0 Å². The molecule has 5 nitrogen and oxygen atoms in total. The van der Waals surface area contributed by atoms with Crippen molar-refractivity contribution < 1.29 is 15.0 Å². The summed E-state index contributed by atoms with van der Waals surface area (Å²) in [6.07, 6.45) is 2.11. The molecular weight excluding hydrogens is 244 g/mol. The predicted molar refractivity (Wildman–Crippen MR) is 71.0 cm³/mol. The molecule has 3 N–H and O–H groups in total. The van der Waals surface area contributed by atoms with Gasteiger partial charge in [0.1, 0.15) is 5.75 Å². The lowest BCUT2D eigenvalue weighted by Crippen LogP contribution is -2.13. The van der Waals surface area contributed by atoms with Gasteiger partial charge < -0.3 is 15.5 Å². The van der Waals surface area contributed by atoms with Gasteiger partial charge in [-0.15, -0.1) is 0 Å². The average Bonchev–Trinajstić information content (AvgIpc) is 2.40. The van der Waals surface area contributed by atoms with Crippen LogP contribution in [0.2, 0.25) is 0 Å². The van der Waals surface area contributed by atoms with Crippen LogP contribution in [0.4, 0.5) is 5.82 Å². The third-order valence-corrected chi connectivity index (χ3v) is 2.66. The average molecular weight is 258 g/mol. The molecule has 1 amide bonds. The number of aromatic hydroxyl groups is 2. The minimum Gasteiger partial charge on any atom is -0.508 e. The Morgan fingerprint density at radius 2 is 1.84 bits per heavy atom. The van der Waals surface area contributed by atoms with E-state index in [1.54, 1.807) is 30.3 Å². The summed E-state index contributed by atoms with van der Waals surface area (Å²) < 4.78 is 0. The lowest BCUT2D eigenvalue weighted by atomic mass is 10.1. The molecule has 2 aromatic rings. The number of carbonyl (C=O) groups excluding carboxylic acids is 1. The van der Waals surface area contributed by atoms with E-state index < -0.39 is 0 Å². The summed E-state index contributed by atoms with van der Waals surface area (Å²) in [5.74, 6) is -0.0172. The second kappa shape index (κ2) is 5.86. The Hall–Kier alpha value is -2.56. The van der Waals surface area contributed by atoms with Gasteiger partial charge in [-0.3, -0.25) is 4.79 Å². The van der Waals surface area contributed by atoms with Crippen LogP contribution in [0.3, 0.4) is 0 Å². The van der Waals surface area contributed by atoms with Crippen LogP contribution < -0.4 is 5.32 Å². The molecule has 0 aliphatic heterocycles. The van der Waals surface area contributed by atoms with Crippen LogP contribution in [-0.2, 0) is 11.2 Å². The van der Waals surface area contributed by atoms with E-state index in [0.29, 0.717) is 12.0 Å². The molecule has 5 heteroatoms. The first-order valence-corrected chi connectivity index (χ1v) is 5.87. The fourth-order valence-corrected chi connectivity index (χ4v) is 1.66. The van der Waals surface area contributed by atoms with E-state index in [4.69, 9.17) is 0 Å². The minimum absolute atomic E-state index is 0.0709. The number of aromatic nitrogens is 1. The highest BCUT2D eigenvalue weighted by atomic mass is 16.3. The molecule has 0 radical (unpaired) electrons. The first-order chi connectivity index (χ1) is 9.16. The van der Waals surface area contributed by atoms with Crippen molar-refractivity contribution in [3.05, 3.63) is 48.2 Å². The molecule has 1 aromatic heterocycles. The zero-order valence-electron chi connectivity index (χ0n) is 10.2. The zero-order chi connectivity index (χ0) is 13.7. The summed E-state index contributed by atoms with van der Waals surface area (Å²) in [7, 11) is 0. The van der Waals surface area contributed by atoms with Crippen LogP contribution in [0, 0.1) is 0 Å². The number of nitrogens with zero attached hydrogens (tertiary/aromatic N) is 1. The molecule has 0 bridgehead atoms. The Kier molecular flexibility index (Phi) is 3.97. The van der Waals surface area contributed by atoms with E-state index >= 15 is 0 Å². The van der Waals surface area contributed by atoms with Crippen LogP contribution in [0.15, 0.2) is 42.6 Å². The fourth-order valence-electron chi connectivity index (χ4n) is 1.66. The summed E-state index contributed by atoms with van der Waals surface area (Å²) in [6, 6.07) is 9.90. The monoisotopic (exact) mass is 258 g/mol. The number of hydrogen-bond acceptors (Lipinski definition) is 4. The molecule has 0 atom stereocenters. The zero-order valence-corrected chi connectivity index (χ0v) is 10.2. The molecule has 0 spiro atoms. The van der Waals surface area contributed by atoms with Crippen molar-refractivity contribution in [1.29, 1.82) is 0 Å². The topological polar surface area (TPSA) is 82.5 Å². The highest BCUT2D eigenvalue weighted by Gasteiger charge is 2.08. The van der Waals surface area contributed by atoms with Gasteiger partial charge in [-0.1, -0.05) is 18.2 Å². The molecule has 0 saturated carbocycles. The van der Waals surface area contributed by atoms with Crippen molar-refractivity contribution in [1.82, 2.24) is 4.98 Å². The number of benzene rings is 1. The highest BCUT2D eigenvalue weighted by Crippen LogP contribution is 2.20. The molecule has 1 heterocycles. The minimum atomic E-state index is -0.266. The third-order valence-electron chi connectivity index (χ3n) is 2.66. The number of rotatable bonds is 4. The Morgan fingerprint density at radius 1 is 1.11 bits per heavy atom. The van der Waals surface area contributed by atoms with E-state index in [0.717, 1.165) is 0 Å². The molecular formula is C14H14N2O3. The van der Waals surface area contributed by atoms with Gasteiger partial charge in [0.2, 0.25) is 5.91 Å². The maximum absolute atomic E-state index is 11.7. The van der Waals surface area contributed by atoms with Crippen molar-refractivity contribution in [2.24, 2.45) is 0 Å². The number of anilines is 1. The van der Waals surface area contributed by atoms with Crippen molar-refractivity contribution in [2.45, 2.75) is 12.8 Å². The number of para-hydroxylation sites is 1. The second-order valence-corrected chi connectivity index (χ2v) is 4.05. The number of hydrogen-bond donors (Lipinski definition) is 3. The van der Waals surface area contributed by atoms with E-state index in [1.165, 1.54) is 12.3 Å². The molecule has 0 aliphatic carbocycles. The van der Waals surface area contributed by atoms with Gasteiger partial charge in [-0.2, -0.15) is 0 Å². The quantitative estimate of drug-likeness (QED) is 0.784. The first-order valence-electron chi connectivity index (χ1n) is 5.87. The molecule has 2 rings (SSSR count). The standard InChI is InChI=1S/C14H14N2O3/c17-11-5-2-1-4-10(11)7-8-13(19)16-14-12(18)6-3-9-15-14/h1-6,9,17-18H,7-8H2,(H,15,16,19). The van der Waals surface area contributed by atoms with Crippen molar-refractivity contribution in [3.63, 3.8) is 0 Å². The molecule has 1 aromatic carbocycles. The van der Waals surface area contributed by atoms with Gasteiger partial charge in [0, 0.05) is 12.6 Å². The number of amides is 1. The largest absolute Gasteiger partial charge is 0.508 e. The van der Waals surface area contributed by atoms with E-state index in [1.807, 2.05) is 0 Å². The molecule has 0 saturated heterocycles. The lowest BCUT2D eigenvalue weighted by Gasteiger charge is -2.06. The number of pyridine rings is 1. The number of nitrogens with one attached hydrogen (secondary N) is 1. The number of carbonyl (C=O) groups is 1. The van der Waals surface area contributed by atoms with E-state index in [9.17, 15) is 15.0 Å². The van der Waals surface area contributed by atoms with Crippen LogP contribution >= 0.6 is 0 Å². The van der Waals surface area contributed by atoms with Gasteiger partial charge in [0.25, 0.3) is 0 Å². The van der Waals surface area contributed by atoms with Crippen LogP contribution in [0.25, 0.3) is 0 Å². The summed E-state index contributed by atoms with van der Waals surface area (Å²) in [6.45, 7) is 0. The molecule has 0 aliphatic rings. The Labute approximate surface area is 110 Å². The molecule has 0 unspecified atom stereocenters. The van der Waals surface area contributed by atoms with Crippen LogP contribution in [0.5, 0.6) is 11.5 Å². The van der Waals surface area contributed by atoms with Gasteiger partial charge in [-0.05, 0) is 30.2 Å². The highest BCUT2D eigenvalue weighted by molar-refractivity contribution is 5.91. The molecule has 98 valence electrons. The van der Waals surface area contributed by atoms with Crippen molar-refractivity contribution in [2.75, 3.05) is 5.32 Å². The SMILES string of the molecule is O=C(CCc1ccccc1O)Nc1ncccc1O. The number of phenolic OH excluding ortho intramolecular Hbond substituents is 1. The fraction of sp³-hybridized carbons (Fsp3) is 0.143. The maximum atomic E-state index is 11.7. The Bertz CT molecular complexity index is 584. The van der Waals surface area contributed by atoms with Crippen LogP contribution in [0.1, 0.15) is 12.0 Å². The first kappa shape index (κ1) is 12.9. The van der Waals surface area contributed by atoms with Gasteiger partial charge in [0.15, 0.2) is 11.6 Å². The summed E-state index contributed by atoms with van der Waals surface area (Å²) >= 11 is 0. The van der Waals surface area contributed by atoms with E-state index in [-0.39, 0.29) is 29.6 Å². The second-order valence-electron chi connectivity index (χ2n) is 4.05. The van der Waals surface area contributed by atoms with Crippen molar-refractivity contribution in [3.8, 4) is 11.5 Å². The van der Waals surface area contributed by atoms with Crippen LogP contribution in [-0.4, -0.2) is 21.1 Å². The maximum Gasteiger partial charge on any atom is 0.225 e. The van der Waals surface area contributed by atoms with Crippen molar-refractivity contribution >= 4 is 11.7 Å². The summed E-state index contributed by atoms with van der Waals surface area (Å²) in [5, 5.41) is 21.6. The Balaban J connectivity index is 1.92. The van der Waals surface area contributed by atoms with Gasteiger partial charge in [-0.25, -0.2) is 4.98 Å². The van der Waals surface area contributed by atoms with E-state index in [2.05, 4.69) is 10.3 Å². The number of phenols is 1. The summed E-state index contributed by atoms with van der Waals surface area (Å²) in [4.78, 5) is 15.6. The molecule has 19 heavy (non-hydrogen) atoms. The Morgan fingerprint density at radius 3 is 2.58 bits per heavy atom. The third kappa shape index (κ3) is 3.45.